The summed E-state index contributed by atoms with van der Waals surface area (Å²) in [6.07, 6.45) is 3.82. The van der Waals surface area contributed by atoms with Crippen LogP contribution >= 0.6 is 11.6 Å². The number of rotatable bonds is 11. The Hall–Kier alpha value is -4.17. The zero-order chi connectivity index (χ0) is 31.3. The Kier molecular flexibility index (Phi) is 9.69. The number of nitrogens with zero attached hydrogens (tertiary/aromatic N) is 7. The second-order valence-electron chi connectivity index (χ2n) is 10.6. The van der Waals surface area contributed by atoms with Gasteiger partial charge < -0.3 is 20.5 Å². The van der Waals surface area contributed by atoms with Gasteiger partial charge in [0.2, 0.25) is 5.88 Å². The molecule has 5 heterocycles. The maximum atomic E-state index is 12.7. The Bertz CT molecular complexity index is 1540. The molecular weight excluding hydrogens is 599 g/mol. The van der Waals surface area contributed by atoms with Crippen LogP contribution in [-0.4, -0.2) is 79.2 Å². The second-order valence-corrected chi connectivity index (χ2v) is 11.0. The molecule has 15 heteroatoms. The number of nitrogens with one attached hydrogen (secondary N) is 1. The summed E-state index contributed by atoms with van der Waals surface area (Å²) in [5.74, 6) is 1.89. The number of likely N-dealkylation sites (tertiary alicyclic amines) is 1. The van der Waals surface area contributed by atoms with E-state index < -0.39 is 12.7 Å². The molecule has 1 aliphatic heterocycles. The van der Waals surface area contributed by atoms with Gasteiger partial charge in [-0.25, -0.2) is 19.6 Å². The largest absolute Gasteiger partial charge is 0.489 e. The number of nitrogen functional groups attached to an aromatic ring is 1. The fraction of sp³-hybridized carbons (Fsp3) is 0.414. The number of halogens is 4. The number of hydrogen-bond acceptors (Lipinski definition) is 10. The van der Waals surface area contributed by atoms with E-state index in [0.29, 0.717) is 78.6 Å². The summed E-state index contributed by atoms with van der Waals surface area (Å²) in [5, 5.41) is 8.08. The van der Waals surface area contributed by atoms with Gasteiger partial charge in [0.05, 0.1) is 31.2 Å². The highest BCUT2D eigenvalue weighted by molar-refractivity contribution is 6.29. The fourth-order valence-corrected chi connectivity index (χ4v) is 5.08. The molecule has 0 saturated carbocycles. The smallest absolute Gasteiger partial charge is 0.401 e. The molecule has 1 saturated heterocycles. The molecule has 44 heavy (non-hydrogen) atoms. The van der Waals surface area contributed by atoms with Crippen LogP contribution in [0, 0.1) is 0 Å². The number of piperidine rings is 1. The van der Waals surface area contributed by atoms with Crippen molar-refractivity contribution in [3.63, 3.8) is 0 Å². The highest BCUT2D eigenvalue weighted by Gasteiger charge is 2.33. The average molecular weight is 632 g/mol. The van der Waals surface area contributed by atoms with Gasteiger partial charge in [0.1, 0.15) is 28.4 Å². The van der Waals surface area contributed by atoms with Crippen molar-refractivity contribution in [3.8, 4) is 34.3 Å². The van der Waals surface area contributed by atoms with Gasteiger partial charge in [0.15, 0.2) is 5.82 Å². The molecule has 234 valence electrons. The van der Waals surface area contributed by atoms with Crippen LogP contribution in [0.5, 0.6) is 11.6 Å². The van der Waals surface area contributed by atoms with Gasteiger partial charge in [-0.05, 0) is 44.0 Å². The van der Waals surface area contributed by atoms with Gasteiger partial charge in [-0.2, -0.15) is 18.3 Å². The first-order valence-corrected chi connectivity index (χ1v) is 14.5. The minimum Gasteiger partial charge on any atom is -0.489 e. The summed E-state index contributed by atoms with van der Waals surface area (Å²) < 4.78 is 51.7. The number of anilines is 2. The van der Waals surface area contributed by atoms with Gasteiger partial charge >= 0.3 is 6.18 Å². The summed E-state index contributed by atoms with van der Waals surface area (Å²) in [4.78, 5) is 18.7. The van der Waals surface area contributed by atoms with E-state index in [1.165, 1.54) is 4.90 Å². The lowest BCUT2D eigenvalue weighted by molar-refractivity contribution is -0.149. The van der Waals surface area contributed by atoms with Crippen molar-refractivity contribution < 1.29 is 22.6 Å². The molecule has 1 fully saturated rings. The van der Waals surface area contributed by atoms with Gasteiger partial charge in [0.25, 0.3) is 0 Å². The first-order valence-electron chi connectivity index (χ1n) is 14.1. The Balaban J connectivity index is 1.17. The number of aromatic nitrogens is 6. The topological polar surface area (TPSA) is 129 Å². The highest BCUT2D eigenvalue weighted by atomic mass is 35.5. The maximum absolute atomic E-state index is 12.7. The molecule has 1 aliphatic rings. The Labute approximate surface area is 257 Å². The van der Waals surface area contributed by atoms with Crippen LogP contribution < -0.4 is 20.5 Å². The van der Waals surface area contributed by atoms with Crippen LogP contribution in [0.3, 0.4) is 0 Å². The van der Waals surface area contributed by atoms with Crippen molar-refractivity contribution in [2.45, 2.75) is 44.5 Å². The number of pyridine rings is 2. The highest BCUT2D eigenvalue weighted by Crippen LogP contribution is 2.31. The predicted molar refractivity (Wildman–Crippen MR) is 160 cm³/mol. The van der Waals surface area contributed by atoms with Crippen LogP contribution in [0.2, 0.25) is 5.15 Å². The van der Waals surface area contributed by atoms with E-state index in [4.69, 9.17) is 26.8 Å². The third kappa shape index (κ3) is 8.26. The van der Waals surface area contributed by atoms with Crippen molar-refractivity contribution in [2.75, 3.05) is 37.3 Å². The summed E-state index contributed by atoms with van der Waals surface area (Å²) in [6.45, 7) is 2.19. The first-order chi connectivity index (χ1) is 21.0. The van der Waals surface area contributed by atoms with E-state index in [0.717, 1.165) is 11.3 Å². The lowest BCUT2D eigenvalue weighted by atomic mass is 10.1. The fourth-order valence-electron chi connectivity index (χ4n) is 4.92. The monoisotopic (exact) mass is 631 g/mol. The third-order valence-corrected chi connectivity index (χ3v) is 7.32. The van der Waals surface area contributed by atoms with Gasteiger partial charge in [-0.1, -0.05) is 11.6 Å². The minimum absolute atomic E-state index is 0.0154. The van der Waals surface area contributed by atoms with E-state index >= 15 is 0 Å². The van der Waals surface area contributed by atoms with Crippen LogP contribution in [0.15, 0.2) is 49.1 Å². The zero-order valence-electron chi connectivity index (χ0n) is 24.3. The zero-order valence-corrected chi connectivity index (χ0v) is 25.0. The number of ether oxygens (including phenoxy) is 2. The molecule has 5 rings (SSSR count). The van der Waals surface area contributed by atoms with E-state index in [2.05, 4.69) is 30.4 Å². The molecule has 1 atom stereocenters. The van der Waals surface area contributed by atoms with Crippen LogP contribution in [0.4, 0.5) is 24.7 Å². The third-order valence-electron chi connectivity index (χ3n) is 7.12. The molecule has 4 aromatic rings. The number of alkyl halides is 3. The summed E-state index contributed by atoms with van der Waals surface area (Å²) >= 11 is 6.23. The van der Waals surface area contributed by atoms with Crippen molar-refractivity contribution in [2.24, 2.45) is 7.05 Å². The molecular formula is C29H33ClF3N9O2. The average Bonchev–Trinajstić information content (AvgIpc) is 3.34. The van der Waals surface area contributed by atoms with E-state index in [-0.39, 0.29) is 12.1 Å². The van der Waals surface area contributed by atoms with Gasteiger partial charge in [0, 0.05) is 56.2 Å². The van der Waals surface area contributed by atoms with E-state index in [1.807, 2.05) is 13.0 Å². The van der Waals surface area contributed by atoms with E-state index in [1.54, 1.807) is 54.7 Å². The number of hydrogen-bond donors (Lipinski definition) is 2. The second kappa shape index (κ2) is 13.6. The summed E-state index contributed by atoms with van der Waals surface area (Å²) in [6, 6.07) is 6.96. The molecule has 11 nitrogen and oxygen atoms in total. The molecule has 0 aliphatic carbocycles. The lowest BCUT2D eigenvalue weighted by Crippen LogP contribution is -2.42. The summed E-state index contributed by atoms with van der Waals surface area (Å²) in [7, 11) is 1.78. The molecule has 0 bridgehead atoms. The molecule has 0 aromatic carbocycles. The predicted octanol–water partition coefficient (Wildman–Crippen LogP) is 5.24. The Morgan fingerprint density at radius 3 is 2.59 bits per heavy atom. The minimum atomic E-state index is -4.19. The molecule has 0 radical (unpaired) electrons. The lowest BCUT2D eigenvalue weighted by Gasteiger charge is -2.32. The number of nitrogens with two attached hydrogens (primary N) is 1. The van der Waals surface area contributed by atoms with Gasteiger partial charge in [-0.15, -0.1) is 0 Å². The maximum Gasteiger partial charge on any atom is 0.401 e. The normalized spacial score (nSPS) is 15.2. The number of aryl methyl sites for hydroxylation is 1. The van der Waals surface area contributed by atoms with Gasteiger partial charge in [-0.3, -0.25) is 9.88 Å². The molecule has 0 unspecified atom stereocenters. The van der Waals surface area contributed by atoms with Crippen molar-refractivity contribution >= 4 is 23.1 Å². The van der Waals surface area contributed by atoms with E-state index in [9.17, 15) is 13.2 Å². The Morgan fingerprint density at radius 1 is 1.09 bits per heavy atom. The van der Waals surface area contributed by atoms with Crippen LogP contribution in [0.1, 0.15) is 26.2 Å². The Morgan fingerprint density at radius 2 is 1.89 bits per heavy atom. The molecule has 4 aromatic heterocycles. The standard InChI is InChI=1S/C29H33ClF3N9O2/c1-18(8-12-43-28-22(16-38-41(28)2)27-35-9-5-26(34)40-27)39-24-13-25(30)37-15-21(24)23-4-3-20(14-36-23)44-19-6-10-42(11-7-19)17-29(31,32)33/h3-5,9,13-16,18-19H,6-8,10-12,17H2,1-2H3,(H,37,39)(H2,34,35,40)/t18-/m0/s1. The van der Waals surface area contributed by atoms with Crippen molar-refractivity contribution in [3.05, 3.63) is 54.2 Å². The molecule has 3 N–H and O–H groups in total. The molecule has 0 spiro atoms. The van der Waals surface area contributed by atoms with Crippen molar-refractivity contribution in [1.29, 1.82) is 0 Å². The SMILES string of the molecule is C[C@@H](CCOc1c(-c2nccc(N)n2)cnn1C)Nc1cc(Cl)ncc1-c1ccc(OC2CCN(CC(F)(F)F)CC2)cn1. The quantitative estimate of drug-likeness (QED) is 0.212. The first kappa shape index (κ1) is 31.3. The molecule has 0 amide bonds. The van der Waals surface area contributed by atoms with Crippen LogP contribution in [0.25, 0.3) is 22.6 Å². The van der Waals surface area contributed by atoms with Crippen LogP contribution in [-0.2, 0) is 7.05 Å². The summed E-state index contributed by atoms with van der Waals surface area (Å²) in [5.41, 5.74) is 8.63. The van der Waals surface area contributed by atoms with Crippen molar-refractivity contribution in [1.82, 2.24) is 34.6 Å².